The van der Waals surface area contributed by atoms with E-state index in [1.807, 2.05) is 0 Å². The summed E-state index contributed by atoms with van der Waals surface area (Å²) in [5, 5.41) is 0. The molecule has 0 aromatic heterocycles. The van der Waals surface area contributed by atoms with Gasteiger partial charge in [0.25, 0.3) is 0 Å². The number of allylic oxidation sites excluding steroid dienone is 4. The van der Waals surface area contributed by atoms with Crippen molar-refractivity contribution in [3.63, 3.8) is 0 Å². The van der Waals surface area contributed by atoms with Crippen LogP contribution in [0.25, 0.3) is 0 Å². The number of rotatable bonds is 6. The van der Waals surface area contributed by atoms with Crippen LogP contribution in [0.2, 0.25) is 0 Å². The molecule has 2 heteroatoms. The van der Waals surface area contributed by atoms with Crippen molar-refractivity contribution >= 4 is 0 Å². The molecule has 2 aliphatic carbocycles. The smallest absolute Gasteiger partial charge is 0.0177 e. The molecule has 2 nitrogen and oxygen atoms in total. The van der Waals surface area contributed by atoms with Gasteiger partial charge in [0.05, 0.1) is 0 Å². The van der Waals surface area contributed by atoms with Crippen LogP contribution >= 0.6 is 0 Å². The van der Waals surface area contributed by atoms with Crippen LogP contribution in [0.4, 0.5) is 0 Å². The third-order valence-corrected chi connectivity index (χ3v) is 9.27. The van der Waals surface area contributed by atoms with Crippen LogP contribution < -0.4 is 0 Å². The van der Waals surface area contributed by atoms with Crippen molar-refractivity contribution in [3.05, 3.63) is 23.5 Å². The van der Waals surface area contributed by atoms with E-state index < -0.39 is 0 Å². The molecule has 0 N–H and O–H groups in total. The van der Waals surface area contributed by atoms with Crippen LogP contribution in [0.1, 0.15) is 112 Å². The van der Waals surface area contributed by atoms with Crippen LogP contribution in [-0.2, 0) is 0 Å². The summed E-state index contributed by atoms with van der Waals surface area (Å²) in [5.41, 5.74) is 4.20. The Kier molecular flexibility index (Phi) is 7.91. The minimum Gasteiger partial charge on any atom is -0.375 e. The number of piperidine rings is 2. The molecule has 2 heterocycles. The molecule has 0 bridgehead atoms. The van der Waals surface area contributed by atoms with E-state index in [0.717, 1.165) is 23.7 Å². The molecule has 0 spiro atoms. The van der Waals surface area contributed by atoms with Gasteiger partial charge in [0.2, 0.25) is 0 Å². The minimum absolute atomic E-state index is 0.390. The fourth-order valence-corrected chi connectivity index (χ4v) is 7.93. The Morgan fingerprint density at radius 1 is 0.788 bits per heavy atom. The first-order valence-electron chi connectivity index (χ1n) is 14.5. The van der Waals surface area contributed by atoms with E-state index in [1.165, 1.54) is 96.8 Å². The molecule has 0 amide bonds. The summed E-state index contributed by atoms with van der Waals surface area (Å²) in [4.78, 5) is 5.48. The molecule has 2 atom stereocenters. The molecule has 0 aromatic carbocycles. The van der Waals surface area contributed by atoms with Crippen molar-refractivity contribution < 1.29 is 0 Å². The average molecular weight is 455 g/mol. The van der Waals surface area contributed by atoms with Crippen molar-refractivity contribution in [2.24, 2.45) is 34.5 Å². The highest BCUT2D eigenvalue weighted by Crippen LogP contribution is 2.41. The minimum atomic E-state index is 0.390. The van der Waals surface area contributed by atoms with Gasteiger partial charge in [-0.05, 0) is 85.9 Å². The Morgan fingerprint density at radius 3 is 1.85 bits per heavy atom. The molecule has 2 unspecified atom stereocenters. The van der Waals surface area contributed by atoms with Crippen LogP contribution in [0, 0.1) is 34.5 Å². The molecule has 4 aliphatic rings. The second-order valence-electron chi connectivity index (χ2n) is 14.1. The monoisotopic (exact) mass is 454 g/mol. The Morgan fingerprint density at radius 2 is 1.33 bits per heavy atom. The van der Waals surface area contributed by atoms with Gasteiger partial charge in [-0.25, -0.2) is 0 Å². The van der Waals surface area contributed by atoms with Gasteiger partial charge < -0.3 is 9.80 Å². The van der Waals surface area contributed by atoms with Gasteiger partial charge in [-0.15, -0.1) is 0 Å². The standard InChI is InChI=1S/C31H54N2/c1-24-18-28(22-30(3,4)20-24)32-14-10-26(11-15-32)8-7-9-27-12-16-33(17-13-27)29-19-25(2)21-31(5,6)23-29/h18,23-27H,7-17,19-22H2,1-6H3. The topological polar surface area (TPSA) is 6.48 Å². The van der Waals surface area contributed by atoms with Gasteiger partial charge >= 0.3 is 0 Å². The first kappa shape index (κ1) is 25.2. The molecule has 33 heavy (non-hydrogen) atoms. The lowest BCUT2D eigenvalue weighted by Gasteiger charge is -2.42. The molecular weight excluding hydrogens is 400 g/mol. The van der Waals surface area contributed by atoms with Crippen molar-refractivity contribution in [3.8, 4) is 0 Å². The van der Waals surface area contributed by atoms with Crippen molar-refractivity contribution in [1.29, 1.82) is 0 Å². The Bertz CT molecular complexity index is 698. The van der Waals surface area contributed by atoms with E-state index in [-0.39, 0.29) is 0 Å². The summed E-state index contributed by atoms with van der Waals surface area (Å²) in [6, 6.07) is 0. The third kappa shape index (κ3) is 7.04. The van der Waals surface area contributed by atoms with E-state index in [2.05, 4.69) is 63.5 Å². The van der Waals surface area contributed by atoms with E-state index in [4.69, 9.17) is 0 Å². The van der Waals surface area contributed by atoms with E-state index >= 15 is 0 Å². The maximum absolute atomic E-state index is 2.74. The van der Waals surface area contributed by atoms with Crippen LogP contribution in [-0.4, -0.2) is 36.0 Å². The summed E-state index contributed by atoms with van der Waals surface area (Å²) < 4.78 is 0. The van der Waals surface area contributed by atoms with Gasteiger partial charge in [0.1, 0.15) is 0 Å². The highest BCUT2D eigenvalue weighted by molar-refractivity contribution is 5.13. The van der Waals surface area contributed by atoms with Gasteiger partial charge in [-0.1, -0.05) is 73.0 Å². The lowest BCUT2D eigenvalue weighted by atomic mass is 9.74. The van der Waals surface area contributed by atoms with Crippen LogP contribution in [0.15, 0.2) is 23.5 Å². The second kappa shape index (κ2) is 10.4. The van der Waals surface area contributed by atoms with E-state index in [9.17, 15) is 0 Å². The van der Waals surface area contributed by atoms with Gasteiger partial charge in [0, 0.05) is 37.6 Å². The van der Waals surface area contributed by atoms with E-state index in [0.29, 0.717) is 10.8 Å². The molecule has 0 aromatic rings. The Balaban J connectivity index is 1.14. The van der Waals surface area contributed by atoms with Crippen molar-refractivity contribution in [1.82, 2.24) is 9.80 Å². The molecule has 2 saturated heterocycles. The Labute approximate surface area is 206 Å². The van der Waals surface area contributed by atoms with Crippen molar-refractivity contribution in [2.45, 2.75) is 112 Å². The quantitative estimate of drug-likeness (QED) is 0.398. The highest BCUT2D eigenvalue weighted by atomic mass is 15.1. The zero-order chi connectivity index (χ0) is 23.6. The summed E-state index contributed by atoms with van der Waals surface area (Å²) in [5.74, 6) is 3.55. The molecule has 0 radical (unpaired) electrons. The SMILES string of the molecule is CC1C=C(N2CCC(CCCC3CCN(C4=CC(C)(C)CC(C)C4)CC3)CC2)CC(C)(C)C1. The summed E-state index contributed by atoms with van der Waals surface area (Å²) >= 11 is 0. The molecule has 4 rings (SSSR count). The first-order valence-corrected chi connectivity index (χ1v) is 14.5. The average Bonchev–Trinajstić information content (AvgIpc) is 2.72. The molecule has 2 fully saturated rings. The molecular formula is C31H54N2. The van der Waals surface area contributed by atoms with Crippen molar-refractivity contribution in [2.75, 3.05) is 26.2 Å². The number of likely N-dealkylation sites (tertiary alicyclic amines) is 2. The lowest BCUT2D eigenvalue weighted by molar-refractivity contribution is 0.168. The lowest BCUT2D eigenvalue weighted by Crippen LogP contribution is -2.37. The van der Waals surface area contributed by atoms with Crippen LogP contribution in [0.5, 0.6) is 0 Å². The summed E-state index contributed by atoms with van der Waals surface area (Å²) in [7, 11) is 0. The van der Waals surface area contributed by atoms with Crippen LogP contribution in [0.3, 0.4) is 0 Å². The maximum Gasteiger partial charge on any atom is 0.0177 e. The molecule has 188 valence electrons. The fourth-order valence-electron chi connectivity index (χ4n) is 7.93. The van der Waals surface area contributed by atoms with Gasteiger partial charge in [-0.2, -0.15) is 0 Å². The van der Waals surface area contributed by atoms with Gasteiger partial charge in [-0.3, -0.25) is 0 Å². The second-order valence-corrected chi connectivity index (χ2v) is 14.1. The van der Waals surface area contributed by atoms with E-state index in [1.54, 1.807) is 11.4 Å². The zero-order valence-corrected chi connectivity index (χ0v) is 23.0. The third-order valence-electron chi connectivity index (χ3n) is 9.27. The number of hydrogen-bond acceptors (Lipinski definition) is 2. The fraction of sp³-hybridized carbons (Fsp3) is 0.871. The molecule has 0 saturated carbocycles. The molecule has 2 aliphatic heterocycles. The highest BCUT2D eigenvalue weighted by Gasteiger charge is 2.31. The Hall–Kier alpha value is -0.920. The maximum atomic E-state index is 2.74. The summed E-state index contributed by atoms with van der Waals surface area (Å²) in [6.07, 6.45) is 20.6. The predicted octanol–water partition coefficient (Wildman–Crippen LogP) is 8.26. The first-order chi connectivity index (χ1) is 15.6. The number of hydrogen-bond donors (Lipinski definition) is 0. The normalized spacial score (nSPS) is 31.3. The zero-order valence-electron chi connectivity index (χ0n) is 23.0. The van der Waals surface area contributed by atoms with Gasteiger partial charge in [0.15, 0.2) is 0 Å². The summed E-state index contributed by atoms with van der Waals surface area (Å²) in [6.45, 7) is 19.8. The number of nitrogens with zero attached hydrogens (tertiary/aromatic N) is 2. The predicted molar refractivity (Wildman–Crippen MR) is 143 cm³/mol. The largest absolute Gasteiger partial charge is 0.375 e.